The smallest absolute Gasteiger partial charge is 0.0702 e. The Morgan fingerprint density at radius 2 is 2.06 bits per heavy atom. The van der Waals surface area contributed by atoms with Crippen LogP contribution >= 0.6 is 0 Å². The van der Waals surface area contributed by atoms with Crippen molar-refractivity contribution in [2.24, 2.45) is 5.73 Å². The van der Waals surface area contributed by atoms with Gasteiger partial charge in [0.05, 0.1) is 23.8 Å². The van der Waals surface area contributed by atoms with E-state index in [2.05, 4.69) is 11.1 Å². The van der Waals surface area contributed by atoms with E-state index >= 15 is 0 Å². The highest BCUT2D eigenvalue weighted by Gasteiger charge is 2.14. The summed E-state index contributed by atoms with van der Waals surface area (Å²) in [6.45, 7) is 6.62. The van der Waals surface area contributed by atoms with Crippen molar-refractivity contribution in [1.82, 2.24) is 4.98 Å². The topological polar surface area (TPSA) is 48.1 Å². The number of aromatic nitrogens is 1. The van der Waals surface area contributed by atoms with E-state index in [1.165, 1.54) is 0 Å². The van der Waals surface area contributed by atoms with Crippen molar-refractivity contribution < 1.29 is 4.74 Å². The van der Waals surface area contributed by atoms with Crippen molar-refractivity contribution in [1.29, 1.82) is 0 Å². The standard InChI is InChI=1S/C15H20N2O/c1-15(2,3)18-10-13(16)11-6-7-14-12(9-11)5-4-8-17-14/h4-9,13H,10,16H2,1-3H3. The third-order valence-corrected chi connectivity index (χ3v) is 2.75. The Bertz CT molecular complexity index is 531. The first kappa shape index (κ1) is 13.0. The summed E-state index contributed by atoms with van der Waals surface area (Å²) < 4.78 is 5.72. The second kappa shape index (κ2) is 5.04. The fourth-order valence-corrected chi connectivity index (χ4v) is 1.76. The Kier molecular flexibility index (Phi) is 3.64. The average Bonchev–Trinajstić information content (AvgIpc) is 2.34. The van der Waals surface area contributed by atoms with E-state index in [0.29, 0.717) is 6.61 Å². The molecule has 2 aromatic rings. The molecule has 3 heteroatoms. The number of rotatable bonds is 3. The second-order valence-electron chi connectivity index (χ2n) is 5.49. The molecule has 0 aliphatic rings. The zero-order valence-electron chi connectivity index (χ0n) is 11.2. The van der Waals surface area contributed by atoms with Crippen LogP contribution < -0.4 is 5.73 Å². The Morgan fingerprint density at radius 1 is 1.28 bits per heavy atom. The van der Waals surface area contributed by atoms with Gasteiger partial charge in [0.1, 0.15) is 0 Å². The molecule has 1 atom stereocenters. The Morgan fingerprint density at radius 3 is 2.78 bits per heavy atom. The Hall–Kier alpha value is -1.45. The van der Waals surface area contributed by atoms with Crippen LogP contribution in [-0.4, -0.2) is 17.2 Å². The number of ether oxygens (including phenoxy) is 1. The van der Waals surface area contributed by atoms with Crippen LogP contribution in [0, 0.1) is 0 Å². The van der Waals surface area contributed by atoms with Gasteiger partial charge in [0.2, 0.25) is 0 Å². The number of nitrogens with two attached hydrogens (primary N) is 1. The van der Waals surface area contributed by atoms with Crippen LogP contribution in [0.4, 0.5) is 0 Å². The predicted octanol–water partition coefficient (Wildman–Crippen LogP) is 3.05. The van der Waals surface area contributed by atoms with Crippen molar-refractivity contribution in [2.45, 2.75) is 32.4 Å². The summed E-state index contributed by atoms with van der Waals surface area (Å²) in [5.74, 6) is 0. The lowest BCUT2D eigenvalue weighted by atomic mass is 10.1. The number of nitrogens with zero attached hydrogens (tertiary/aromatic N) is 1. The fourth-order valence-electron chi connectivity index (χ4n) is 1.76. The first-order valence-corrected chi connectivity index (χ1v) is 6.20. The zero-order valence-corrected chi connectivity index (χ0v) is 11.2. The first-order chi connectivity index (χ1) is 8.46. The lowest BCUT2D eigenvalue weighted by Gasteiger charge is -2.22. The molecule has 0 aliphatic heterocycles. The highest BCUT2D eigenvalue weighted by Crippen LogP contribution is 2.19. The van der Waals surface area contributed by atoms with Gasteiger partial charge in [-0.15, -0.1) is 0 Å². The molecule has 18 heavy (non-hydrogen) atoms. The monoisotopic (exact) mass is 244 g/mol. The minimum atomic E-state index is -0.157. The number of pyridine rings is 1. The van der Waals surface area contributed by atoms with Gasteiger partial charge in [-0.05, 0) is 44.5 Å². The maximum atomic E-state index is 6.15. The molecule has 2 rings (SSSR count). The number of hydrogen-bond donors (Lipinski definition) is 1. The summed E-state index contributed by atoms with van der Waals surface area (Å²) in [6, 6.07) is 9.98. The molecule has 0 bridgehead atoms. The lowest BCUT2D eigenvalue weighted by molar-refractivity contribution is -0.0102. The van der Waals surface area contributed by atoms with Crippen molar-refractivity contribution in [2.75, 3.05) is 6.61 Å². The molecular formula is C15H20N2O. The predicted molar refractivity (Wildman–Crippen MR) is 74.4 cm³/mol. The van der Waals surface area contributed by atoms with E-state index in [1.807, 2.05) is 45.0 Å². The highest BCUT2D eigenvalue weighted by molar-refractivity contribution is 5.79. The van der Waals surface area contributed by atoms with E-state index in [9.17, 15) is 0 Å². The summed E-state index contributed by atoms with van der Waals surface area (Å²) in [5, 5.41) is 1.11. The normalized spacial score (nSPS) is 13.8. The zero-order chi connectivity index (χ0) is 13.2. The summed E-state index contributed by atoms with van der Waals surface area (Å²) in [5.41, 5.74) is 8.07. The van der Waals surface area contributed by atoms with Gasteiger partial charge in [0.25, 0.3) is 0 Å². The summed E-state index contributed by atoms with van der Waals surface area (Å²) in [7, 11) is 0. The molecule has 2 N–H and O–H groups in total. The van der Waals surface area contributed by atoms with Gasteiger partial charge in [-0.2, -0.15) is 0 Å². The number of hydrogen-bond acceptors (Lipinski definition) is 3. The quantitative estimate of drug-likeness (QED) is 0.902. The van der Waals surface area contributed by atoms with Gasteiger partial charge in [0.15, 0.2) is 0 Å². The molecule has 0 saturated carbocycles. The largest absolute Gasteiger partial charge is 0.374 e. The molecule has 0 radical (unpaired) electrons. The lowest BCUT2D eigenvalue weighted by Crippen LogP contribution is -2.26. The van der Waals surface area contributed by atoms with Crippen molar-refractivity contribution >= 4 is 10.9 Å². The van der Waals surface area contributed by atoms with Crippen LogP contribution in [0.3, 0.4) is 0 Å². The summed E-state index contributed by atoms with van der Waals surface area (Å²) in [4.78, 5) is 4.29. The molecule has 1 aromatic heterocycles. The van der Waals surface area contributed by atoms with Crippen molar-refractivity contribution in [3.8, 4) is 0 Å². The molecule has 1 heterocycles. The van der Waals surface area contributed by atoms with Crippen molar-refractivity contribution in [3.63, 3.8) is 0 Å². The van der Waals surface area contributed by atoms with Gasteiger partial charge in [-0.3, -0.25) is 4.98 Å². The molecular weight excluding hydrogens is 224 g/mol. The highest BCUT2D eigenvalue weighted by atomic mass is 16.5. The summed E-state index contributed by atoms with van der Waals surface area (Å²) in [6.07, 6.45) is 1.80. The second-order valence-corrected chi connectivity index (χ2v) is 5.49. The Balaban J connectivity index is 2.15. The molecule has 1 aromatic carbocycles. The first-order valence-electron chi connectivity index (χ1n) is 6.20. The van der Waals surface area contributed by atoms with Crippen LogP contribution in [0.15, 0.2) is 36.5 Å². The van der Waals surface area contributed by atoms with Gasteiger partial charge >= 0.3 is 0 Å². The minimum absolute atomic E-state index is 0.103. The average molecular weight is 244 g/mol. The maximum Gasteiger partial charge on any atom is 0.0702 e. The molecule has 1 unspecified atom stereocenters. The van der Waals surface area contributed by atoms with Crippen LogP contribution in [0.2, 0.25) is 0 Å². The van der Waals surface area contributed by atoms with Crippen LogP contribution in [0.25, 0.3) is 10.9 Å². The van der Waals surface area contributed by atoms with E-state index in [-0.39, 0.29) is 11.6 Å². The van der Waals surface area contributed by atoms with E-state index in [0.717, 1.165) is 16.5 Å². The van der Waals surface area contributed by atoms with Crippen LogP contribution in [-0.2, 0) is 4.74 Å². The van der Waals surface area contributed by atoms with Crippen LogP contribution in [0.5, 0.6) is 0 Å². The maximum absolute atomic E-state index is 6.15. The van der Waals surface area contributed by atoms with Gasteiger partial charge in [0, 0.05) is 11.6 Å². The molecule has 3 nitrogen and oxygen atoms in total. The summed E-state index contributed by atoms with van der Waals surface area (Å²) >= 11 is 0. The van der Waals surface area contributed by atoms with E-state index < -0.39 is 0 Å². The Labute approximate surface area is 108 Å². The third kappa shape index (κ3) is 3.28. The SMILES string of the molecule is CC(C)(C)OCC(N)c1ccc2ncccc2c1. The number of benzene rings is 1. The molecule has 0 amide bonds. The van der Waals surface area contributed by atoms with Gasteiger partial charge < -0.3 is 10.5 Å². The molecule has 0 aliphatic carbocycles. The molecule has 0 saturated heterocycles. The third-order valence-electron chi connectivity index (χ3n) is 2.75. The van der Waals surface area contributed by atoms with Crippen molar-refractivity contribution in [3.05, 3.63) is 42.1 Å². The minimum Gasteiger partial charge on any atom is -0.374 e. The fraction of sp³-hybridized carbons (Fsp3) is 0.400. The molecule has 0 spiro atoms. The molecule has 0 fully saturated rings. The van der Waals surface area contributed by atoms with Gasteiger partial charge in [-0.1, -0.05) is 12.1 Å². The van der Waals surface area contributed by atoms with Gasteiger partial charge in [-0.25, -0.2) is 0 Å². The van der Waals surface area contributed by atoms with Crippen LogP contribution in [0.1, 0.15) is 32.4 Å². The van der Waals surface area contributed by atoms with E-state index in [1.54, 1.807) is 6.20 Å². The van der Waals surface area contributed by atoms with E-state index in [4.69, 9.17) is 10.5 Å². The number of fused-ring (bicyclic) bond motifs is 1. The molecule has 96 valence electrons.